The first-order valence-electron chi connectivity index (χ1n) is 7.29. The number of nitrogens with zero attached hydrogens (tertiary/aromatic N) is 2. The smallest absolute Gasteiger partial charge is 0.0322 e. The molecule has 1 aliphatic heterocycles. The van der Waals surface area contributed by atoms with Gasteiger partial charge in [-0.3, -0.25) is 4.90 Å². The van der Waals surface area contributed by atoms with Crippen molar-refractivity contribution in [3.05, 3.63) is 35.4 Å². The number of hydrogen-bond donors (Lipinski definition) is 1. The molecular weight excluding hydrogens is 234 g/mol. The first-order valence-corrected chi connectivity index (χ1v) is 7.29. The molecule has 3 nitrogen and oxygen atoms in total. The Morgan fingerprint density at radius 1 is 1.26 bits per heavy atom. The number of rotatable bonds is 4. The molecule has 1 heterocycles. The number of aryl methyl sites for hydroxylation is 1. The van der Waals surface area contributed by atoms with E-state index < -0.39 is 0 Å². The summed E-state index contributed by atoms with van der Waals surface area (Å²) < 4.78 is 0. The zero-order valence-corrected chi connectivity index (χ0v) is 12.5. The van der Waals surface area contributed by atoms with E-state index in [1.54, 1.807) is 0 Å². The summed E-state index contributed by atoms with van der Waals surface area (Å²) in [5.74, 6) is 0. The van der Waals surface area contributed by atoms with Crippen LogP contribution in [0.15, 0.2) is 24.3 Å². The third-order valence-electron chi connectivity index (χ3n) is 3.68. The molecule has 3 heteroatoms. The van der Waals surface area contributed by atoms with Crippen LogP contribution < -0.4 is 5.32 Å². The van der Waals surface area contributed by atoms with Gasteiger partial charge in [0.2, 0.25) is 0 Å². The first-order chi connectivity index (χ1) is 9.13. The highest BCUT2D eigenvalue weighted by Gasteiger charge is 2.18. The molecule has 19 heavy (non-hydrogen) atoms. The maximum Gasteiger partial charge on any atom is 0.0322 e. The zero-order chi connectivity index (χ0) is 13.7. The van der Waals surface area contributed by atoms with Crippen LogP contribution in [0.2, 0.25) is 0 Å². The lowest BCUT2D eigenvalue weighted by molar-refractivity contribution is 0.236. The fraction of sp³-hybridized carbons (Fsp3) is 0.625. The monoisotopic (exact) mass is 261 g/mol. The number of hydrogen-bond acceptors (Lipinski definition) is 3. The van der Waals surface area contributed by atoms with Crippen molar-refractivity contribution in [1.82, 2.24) is 15.1 Å². The molecule has 0 amide bonds. The lowest BCUT2D eigenvalue weighted by atomic mass is 10.1. The summed E-state index contributed by atoms with van der Waals surface area (Å²) >= 11 is 0. The maximum atomic E-state index is 3.65. The molecule has 1 fully saturated rings. The predicted molar refractivity (Wildman–Crippen MR) is 81.4 cm³/mol. The average molecular weight is 261 g/mol. The molecule has 1 unspecified atom stereocenters. The van der Waals surface area contributed by atoms with Crippen molar-refractivity contribution >= 4 is 0 Å². The van der Waals surface area contributed by atoms with Gasteiger partial charge in [0.25, 0.3) is 0 Å². The minimum absolute atomic E-state index is 0.586. The van der Waals surface area contributed by atoms with E-state index >= 15 is 0 Å². The van der Waals surface area contributed by atoms with E-state index in [1.165, 1.54) is 24.1 Å². The van der Waals surface area contributed by atoms with E-state index in [9.17, 15) is 0 Å². The molecule has 1 aromatic rings. The van der Waals surface area contributed by atoms with Crippen molar-refractivity contribution in [3.63, 3.8) is 0 Å². The Balaban J connectivity index is 1.92. The molecule has 1 atom stereocenters. The Bertz CT molecular complexity index is 372. The molecule has 0 saturated carbocycles. The van der Waals surface area contributed by atoms with E-state index in [2.05, 4.69) is 60.4 Å². The van der Waals surface area contributed by atoms with E-state index in [0.29, 0.717) is 6.04 Å². The van der Waals surface area contributed by atoms with E-state index in [4.69, 9.17) is 0 Å². The highest BCUT2D eigenvalue weighted by Crippen LogP contribution is 2.10. The van der Waals surface area contributed by atoms with Gasteiger partial charge in [-0.25, -0.2) is 0 Å². The van der Waals surface area contributed by atoms with E-state index in [1.807, 2.05) is 0 Å². The molecule has 0 aromatic heterocycles. The maximum absolute atomic E-state index is 3.65. The molecule has 2 rings (SSSR count). The van der Waals surface area contributed by atoms with Crippen LogP contribution in [0.1, 0.15) is 17.5 Å². The third kappa shape index (κ3) is 4.94. The minimum Gasteiger partial charge on any atom is -0.311 e. The van der Waals surface area contributed by atoms with Gasteiger partial charge in [-0.2, -0.15) is 0 Å². The lowest BCUT2D eigenvalue weighted by Crippen LogP contribution is -2.43. The van der Waals surface area contributed by atoms with Gasteiger partial charge < -0.3 is 10.2 Å². The van der Waals surface area contributed by atoms with Gasteiger partial charge in [0.15, 0.2) is 0 Å². The Kier molecular flexibility index (Phi) is 5.37. The summed E-state index contributed by atoms with van der Waals surface area (Å²) in [5, 5.41) is 3.65. The lowest BCUT2D eigenvalue weighted by Gasteiger charge is -2.26. The summed E-state index contributed by atoms with van der Waals surface area (Å²) in [6.45, 7) is 7.82. The quantitative estimate of drug-likeness (QED) is 0.890. The molecule has 0 bridgehead atoms. The van der Waals surface area contributed by atoms with Crippen LogP contribution in [-0.2, 0) is 6.54 Å². The minimum atomic E-state index is 0.586. The van der Waals surface area contributed by atoms with Crippen LogP contribution in [0.3, 0.4) is 0 Å². The Morgan fingerprint density at radius 3 is 2.68 bits per heavy atom. The van der Waals surface area contributed by atoms with Gasteiger partial charge in [-0.05, 0) is 46.1 Å². The third-order valence-corrected chi connectivity index (χ3v) is 3.68. The molecule has 0 radical (unpaired) electrons. The summed E-state index contributed by atoms with van der Waals surface area (Å²) in [4.78, 5) is 4.85. The van der Waals surface area contributed by atoms with Gasteiger partial charge in [0, 0.05) is 25.7 Å². The topological polar surface area (TPSA) is 18.5 Å². The molecule has 106 valence electrons. The van der Waals surface area contributed by atoms with Gasteiger partial charge in [-0.15, -0.1) is 0 Å². The second kappa shape index (κ2) is 7.04. The largest absolute Gasteiger partial charge is 0.311 e. The van der Waals surface area contributed by atoms with Crippen LogP contribution in [0.4, 0.5) is 0 Å². The predicted octanol–water partition coefficient (Wildman–Crippen LogP) is 1.72. The fourth-order valence-electron chi connectivity index (χ4n) is 2.73. The highest BCUT2D eigenvalue weighted by atomic mass is 15.2. The van der Waals surface area contributed by atoms with Crippen LogP contribution in [-0.4, -0.2) is 56.1 Å². The van der Waals surface area contributed by atoms with Crippen molar-refractivity contribution in [2.75, 3.05) is 40.3 Å². The van der Waals surface area contributed by atoms with Gasteiger partial charge in [0.1, 0.15) is 0 Å². The Labute approximate surface area is 117 Å². The van der Waals surface area contributed by atoms with E-state index in [-0.39, 0.29) is 0 Å². The van der Waals surface area contributed by atoms with Crippen molar-refractivity contribution in [2.24, 2.45) is 0 Å². The molecule has 1 saturated heterocycles. The molecular formula is C16H27N3. The normalized spacial score (nSPS) is 21.6. The van der Waals surface area contributed by atoms with Crippen LogP contribution in [0.5, 0.6) is 0 Å². The van der Waals surface area contributed by atoms with E-state index in [0.717, 1.165) is 26.2 Å². The molecule has 1 N–H and O–H groups in total. The summed E-state index contributed by atoms with van der Waals surface area (Å²) in [7, 11) is 4.30. The van der Waals surface area contributed by atoms with Crippen LogP contribution in [0.25, 0.3) is 0 Å². The van der Waals surface area contributed by atoms with Crippen molar-refractivity contribution in [2.45, 2.75) is 25.9 Å². The molecule has 1 aromatic carbocycles. The molecule has 0 spiro atoms. The van der Waals surface area contributed by atoms with Crippen LogP contribution in [0, 0.1) is 6.92 Å². The summed E-state index contributed by atoms with van der Waals surface area (Å²) in [5.41, 5.74) is 2.77. The van der Waals surface area contributed by atoms with Gasteiger partial charge in [0.05, 0.1) is 0 Å². The number of benzene rings is 1. The number of likely N-dealkylation sites (N-methyl/N-ethyl adjacent to an activating group) is 1. The number of nitrogens with one attached hydrogen (secondary N) is 1. The zero-order valence-electron chi connectivity index (χ0n) is 12.5. The van der Waals surface area contributed by atoms with Gasteiger partial charge >= 0.3 is 0 Å². The Hall–Kier alpha value is -0.900. The Morgan fingerprint density at radius 2 is 2.00 bits per heavy atom. The SMILES string of the molecule is Cc1ccc(CN2CCCNC(CN(C)C)C2)cc1. The molecule has 0 aliphatic carbocycles. The highest BCUT2D eigenvalue weighted by molar-refractivity contribution is 5.21. The van der Waals surface area contributed by atoms with Crippen LogP contribution >= 0.6 is 0 Å². The summed E-state index contributed by atoms with van der Waals surface area (Å²) in [6, 6.07) is 9.53. The first kappa shape index (κ1) is 14.5. The van der Waals surface area contributed by atoms with Gasteiger partial charge in [-0.1, -0.05) is 29.8 Å². The van der Waals surface area contributed by atoms with Crippen molar-refractivity contribution in [3.8, 4) is 0 Å². The fourth-order valence-corrected chi connectivity index (χ4v) is 2.73. The second-order valence-electron chi connectivity index (χ2n) is 5.99. The summed E-state index contributed by atoms with van der Waals surface area (Å²) in [6.07, 6.45) is 1.25. The van der Waals surface area contributed by atoms with Crippen molar-refractivity contribution < 1.29 is 0 Å². The molecule has 1 aliphatic rings. The van der Waals surface area contributed by atoms with Crippen molar-refractivity contribution in [1.29, 1.82) is 0 Å². The standard InChI is InChI=1S/C16H27N3/c1-14-5-7-15(8-6-14)11-19-10-4-9-17-16(13-19)12-18(2)3/h5-8,16-17H,4,9-13H2,1-3H3. The average Bonchev–Trinajstić information content (AvgIpc) is 2.57. The second-order valence-corrected chi connectivity index (χ2v) is 5.99.